The van der Waals surface area contributed by atoms with Crippen molar-refractivity contribution in [2.75, 3.05) is 19.5 Å². The number of nitrogens with zero attached hydrogens (tertiary/aromatic N) is 1. The molecule has 2 aromatic carbocycles. The van der Waals surface area contributed by atoms with Crippen molar-refractivity contribution < 1.29 is 37.4 Å². The predicted molar refractivity (Wildman–Crippen MR) is 110 cm³/mol. The Balaban J connectivity index is 1.73. The Morgan fingerprint density at radius 2 is 1.68 bits per heavy atom. The van der Waals surface area contributed by atoms with Gasteiger partial charge in [-0.1, -0.05) is 0 Å². The number of sulfone groups is 1. The van der Waals surface area contributed by atoms with Crippen LogP contribution in [0.25, 0.3) is 0 Å². The minimum Gasteiger partial charge on any atom is -0.497 e. The van der Waals surface area contributed by atoms with Crippen molar-refractivity contribution in [1.29, 1.82) is 0 Å². The van der Waals surface area contributed by atoms with Crippen LogP contribution in [0, 0.1) is 0 Å². The first-order chi connectivity index (χ1) is 14.6. The van der Waals surface area contributed by atoms with Gasteiger partial charge in [0.15, 0.2) is 15.6 Å². The summed E-state index contributed by atoms with van der Waals surface area (Å²) in [4.78, 5) is 11.1. The summed E-state index contributed by atoms with van der Waals surface area (Å²) >= 11 is 0. The fraction of sp³-hybridized carbons (Fsp3) is 0.381. The van der Waals surface area contributed by atoms with Crippen molar-refractivity contribution in [3.63, 3.8) is 0 Å². The number of hydrogen-bond donors (Lipinski definition) is 1. The molecular formula is C21H25NO8S. The molecule has 10 heteroatoms. The average molecular weight is 451 g/mol. The maximum atomic E-state index is 12.9. The molecule has 0 bridgehead atoms. The third-order valence-corrected chi connectivity index (χ3v) is 6.55. The van der Waals surface area contributed by atoms with E-state index in [1.165, 1.54) is 24.3 Å². The molecule has 1 amide bonds. The van der Waals surface area contributed by atoms with Crippen molar-refractivity contribution in [2.45, 2.75) is 36.7 Å². The van der Waals surface area contributed by atoms with E-state index in [-0.39, 0.29) is 17.9 Å². The number of amides is 1. The molecule has 1 fully saturated rings. The third-order valence-electron chi connectivity index (χ3n) is 4.78. The summed E-state index contributed by atoms with van der Waals surface area (Å²) in [5, 5.41) is 10.3. The Labute approximate surface area is 181 Å². The lowest BCUT2D eigenvalue weighted by molar-refractivity contribution is -0.182. The first kappa shape index (κ1) is 23.0. The number of methoxy groups -OCH3 is 1. The van der Waals surface area contributed by atoms with E-state index in [2.05, 4.69) is 0 Å². The van der Waals surface area contributed by atoms with Crippen LogP contribution >= 0.6 is 0 Å². The van der Waals surface area contributed by atoms with E-state index in [0.29, 0.717) is 22.3 Å². The highest BCUT2D eigenvalue weighted by atomic mass is 32.2. The fourth-order valence-corrected chi connectivity index (χ4v) is 4.71. The van der Waals surface area contributed by atoms with Gasteiger partial charge in [0.25, 0.3) is 0 Å². The first-order valence-electron chi connectivity index (χ1n) is 9.52. The monoisotopic (exact) mass is 451 g/mol. The molecule has 9 nitrogen and oxygen atoms in total. The second-order valence-electron chi connectivity index (χ2n) is 7.45. The third kappa shape index (κ3) is 5.73. The molecule has 2 aromatic rings. The molecule has 0 spiro atoms. The van der Waals surface area contributed by atoms with Crippen molar-refractivity contribution in [2.24, 2.45) is 0 Å². The molecule has 2 atom stereocenters. The first-order valence-corrected chi connectivity index (χ1v) is 11.2. The molecule has 1 aliphatic heterocycles. The largest absolute Gasteiger partial charge is 0.497 e. The zero-order valence-electron chi connectivity index (χ0n) is 17.4. The van der Waals surface area contributed by atoms with Gasteiger partial charge in [-0.15, -0.1) is 0 Å². The van der Waals surface area contributed by atoms with Crippen LogP contribution in [0.3, 0.4) is 0 Å². The quantitative estimate of drug-likeness (QED) is 0.352. The Morgan fingerprint density at radius 3 is 2.16 bits per heavy atom. The molecule has 0 radical (unpaired) electrons. The maximum absolute atomic E-state index is 12.9. The van der Waals surface area contributed by atoms with Gasteiger partial charge in [0.2, 0.25) is 6.41 Å². The highest BCUT2D eigenvalue weighted by molar-refractivity contribution is 7.91. The molecule has 0 aliphatic carbocycles. The van der Waals surface area contributed by atoms with E-state index in [1.807, 2.05) is 0 Å². The van der Waals surface area contributed by atoms with Crippen LogP contribution in [0.15, 0.2) is 53.4 Å². The number of carbonyl (C=O) groups excluding carboxylic acids is 1. The minimum atomic E-state index is -3.86. The lowest BCUT2D eigenvalue weighted by Crippen LogP contribution is -2.47. The van der Waals surface area contributed by atoms with Crippen LogP contribution in [0.4, 0.5) is 0 Å². The highest BCUT2D eigenvalue weighted by Gasteiger charge is 2.41. The Morgan fingerprint density at radius 1 is 1.13 bits per heavy atom. The summed E-state index contributed by atoms with van der Waals surface area (Å²) in [5.41, 5.74) is 0. The Kier molecular flexibility index (Phi) is 6.85. The summed E-state index contributed by atoms with van der Waals surface area (Å²) in [6.07, 6.45) is -0.640. The van der Waals surface area contributed by atoms with Crippen LogP contribution < -0.4 is 9.47 Å². The topological polar surface area (TPSA) is 112 Å². The summed E-state index contributed by atoms with van der Waals surface area (Å²) in [6.45, 7) is 3.39. The maximum Gasteiger partial charge on any atom is 0.233 e. The zero-order chi connectivity index (χ0) is 22.6. The highest BCUT2D eigenvalue weighted by Crippen LogP contribution is 2.28. The van der Waals surface area contributed by atoms with Crippen LogP contribution in [0.5, 0.6) is 17.2 Å². The molecule has 1 heterocycles. The lowest BCUT2D eigenvalue weighted by Gasteiger charge is -2.27. The summed E-state index contributed by atoms with van der Waals surface area (Å²) in [7, 11) is -2.29. The minimum absolute atomic E-state index is 0.0251. The number of hydrogen-bond acceptors (Lipinski definition) is 8. The average Bonchev–Trinajstić information content (AvgIpc) is 3.12. The van der Waals surface area contributed by atoms with Gasteiger partial charge in [-0.3, -0.25) is 10.0 Å². The predicted octanol–water partition coefficient (Wildman–Crippen LogP) is 2.63. The smallest absolute Gasteiger partial charge is 0.233 e. The number of benzene rings is 2. The molecule has 1 N–H and O–H groups in total. The van der Waals surface area contributed by atoms with Crippen molar-refractivity contribution in [1.82, 2.24) is 5.06 Å². The van der Waals surface area contributed by atoms with Gasteiger partial charge >= 0.3 is 0 Å². The van der Waals surface area contributed by atoms with Crippen LogP contribution in [-0.4, -0.2) is 62.5 Å². The molecule has 1 aliphatic rings. The van der Waals surface area contributed by atoms with Crippen LogP contribution in [0.2, 0.25) is 0 Å². The summed E-state index contributed by atoms with van der Waals surface area (Å²) in [6, 6.07) is 11.7. The molecule has 168 valence electrons. The van der Waals surface area contributed by atoms with Gasteiger partial charge in [-0.05, 0) is 62.4 Å². The van der Waals surface area contributed by atoms with Gasteiger partial charge < -0.3 is 18.9 Å². The van der Waals surface area contributed by atoms with Crippen LogP contribution in [0.1, 0.15) is 13.8 Å². The molecule has 31 heavy (non-hydrogen) atoms. The molecule has 1 unspecified atom stereocenters. The SMILES string of the molecule is COc1ccc(Oc2ccc(S(=O)(=O)CC([C@H]3COC(C)(C)O3)N(O)C=O)cc2)cc1. The normalized spacial score (nSPS) is 18.9. The van der Waals surface area contributed by atoms with Gasteiger partial charge in [0, 0.05) is 0 Å². The number of carbonyl (C=O) groups is 1. The van der Waals surface area contributed by atoms with Gasteiger partial charge in [0.1, 0.15) is 29.4 Å². The van der Waals surface area contributed by atoms with E-state index in [1.54, 1.807) is 45.2 Å². The van der Waals surface area contributed by atoms with E-state index in [4.69, 9.17) is 18.9 Å². The van der Waals surface area contributed by atoms with Crippen molar-refractivity contribution in [3.05, 3.63) is 48.5 Å². The molecule has 3 rings (SSSR count). The van der Waals surface area contributed by atoms with E-state index in [0.717, 1.165) is 0 Å². The second kappa shape index (κ2) is 9.23. The number of rotatable bonds is 9. The molecule has 1 saturated heterocycles. The number of hydroxylamine groups is 2. The zero-order valence-corrected chi connectivity index (χ0v) is 18.2. The lowest BCUT2D eigenvalue weighted by atomic mass is 10.2. The van der Waals surface area contributed by atoms with Gasteiger partial charge in [-0.25, -0.2) is 13.5 Å². The standard InChI is InChI=1S/C21H25NO8S/c1-21(2)28-12-20(30-21)19(22(24)14-23)13-31(25,26)18-10-8-17(9-11-18)29-16-6-4-15(27-3)5-7-16/h4-11,14,19-20,24H,12-13H2,1-3H3/t19?,20-/m1/s1. The van der Waals surface area contributed by atoms with E-state index in [9.17, 15) is 18.4 Å². The fourth-order valence-electron chi connectivity index (χ4n) is 3.15. The summed E-state index contributed by atoms with van der Waals surface area (Å²) in [5.74, 6) is 0.240. The van der Waals surface area contributed by atoms with Gasteiger partial charge in [-0.2, -0.15) is 0 Å². The second-order valence-corrected chi connectivity index (χ2v) is 9.48. The van der Waals surface area contributed by atoms with Crippen molar-refractivity contribution >= 4 is 16.2 Å². The number of ether oxygens (including phenoxy) is 4. The molecule has 0 aromatic heterocycles. The van der Waals surface area contributed by atoms with E-state index >= 15 is 0 Å². The van der Waals surface area contributed by atoms with Gasteiger partial charge in [0.05, 0.1) is 24.4 Å². The Bertz CT molecular complexity index is 989. The molecular weight excluding hydrogens is 426 g/mol. The Hall–Kier alpha value is -2.66. The molecule has 0 saturated carbocycles. The van der Waals surface area contributed by atoms with E-state index < -0.39 is 33.5 Å². The summed E-state index contributed by atoms with van der Waals surface area (Å²) < 4.78 is 47.7. The van der Waals surface area contributed by atoms with Crippen molar-refractivity contribution in [3.8, 4) is 17.2 Å². The van der Waals surface area contributed by atoms with Crippen LogP contribution in [-0.2, 0) is 24.1 Å².